The van der Waals surface area contributed by atoms with Crippen molar-refractivity contribution in [2.75, 3.05) is 19.6 Å². The molecule has 0 heterocycles. The maximum atomic E-state index is 13.8. The lowest BCUT2D eigenvalue weighted by atomic mass is 9.81. The second kappa shape index (κ2) is 13.5. The van der Waals surface area contributed by atoms with E-state index in [1.54, 1.807) is 36.5 Å². The number of allylic oxidation sites excluding steroid dienone is 3. The van der Waals surface area contributed by atoms with Crippen molar-refractivity contribution < 1.29 is 14.4 Å². The fourth-order valence-electron chi connectivity index (χ4n) is 3.76. The Hall–Kier alpha value is -3.93. The Bertz CT molecular complexity index is 979. The smallest absolute Gasteiger partial charge is 0.255 e. The molecule has 1 rings (SSSR count). The van der Waals surface area contributed by atoms with Crippen LogP contribution in [-0.2, 0) is 19.3 Å². The number of amides is 3. The number of nitrogens with two attached hydrogens (primary N) is 1. The lowest BCUT2D eigenvalue weighted by Crippen LogP contribution is -2.36. The molecule has 0 bridgehead atoms. The van der Waals surface area contributed by atoms with Crippen LogP contribution in [0.2, 0.25) is 0 Å². The monoisotopic (exact) mass is 447 g/mol. The Labute approximate surface area is 196 Å². The molecule has 0 aliphatic carbocycles. The van der Waals surface area contributed by atoms with E-state index in [1.807, 2.05) is 0 Å². The number of nitrogens with one attached hydrogen (secondary N) is 1. The minimum atomic E-state index is -0.736. The highest BCUT2D eigenvalue weighted by Crippen LogP contribution is 2.32. The first kappa shape index (κ1) is 27.1. The second-order valence-corrected chi connectivity index (χ2v) is 7.19. The third-order valence-corrected chi connectivity index (χ3v) is 4.94. The molecule has 0 saturated heterocycles. The van der Waals surface area contributed by atoms with Gasteiger partial charge in [0.05, 0.1) is 0 Å². The van der Waals surface area contributed by atoms with Crippen molar-refractivity contribution in [3.63, 3.8) is 0 Å². The molecule has 0 aromatic heterocycles. The molecule has 3 amide bonds. The van der Waals surface area contributed by atoms with E-state index in [0.29, 0.717) is 16.7 Å². The summed E-state index contributed by atoms with van der Waals surface area (Å²) in [6.07, 6.45) is 10.2. The molecule has 0 atom stereocenters. The Morgan fingerprint density at radius 2 is 1.15 bits per heavy atom. The maximum absolute atomic E-state index is 13.8. The Morgan fingerprint density at radius 3 is 1.55 bits per heavy atom. The maximum Gasteiger partial charge on any atom is 0.255 e. The molecule has 1 aromatic carbocycles. The number of hydrogen-bond acceptors (Lipinski definition) is 3. The molecule has 6 nitrogen and oxygen atoms in total. The second-order valence-electron chi connectivity index (χ2n) is 7.19. The summed E-state index contributed by atoms with van der Waals surface area (Å²) in [6.45, 7) is 23.1. The molecule has 3 N–H and O–H groups in total. The van der Waals surface area contributed by atoms with Gasteiger partial charge in [0, 0.05) is 36.3 Å². The average molecular weight is 448 g/mol. The summed E-state index contributed by atoms with van der Waals surface area (Å²) >= 11 is 0. The minimum absolute atomic E-state index is 0.131. The predicted molar refractivity (Wildman–Crippen MR) is 135 cm³/mol. The zero-order valence-corrected chi connectivity index (χ0v) is 19.2. The number of benzene rings is 1. The highest BCUT2D eigenvalue weighted by Gasteiger charge is 2.32. The molecule has 0 aliphatic heterocycles. The van der Waals surface area contributed by atoms with Crippen LogP contribution < -0.4 is 11.1 Å². The van der Waals surface area contributed by atoms with Gasteiger partial charge in [0.1, 0.15) is 0 Å². The van der Waals surface area contributed by atoms with E-state index in [9.17, 15) is 14.4 Å². The van der Waals surface area contributed by atoms with Crippen LogP contribution >= 0.6 is 0 Å². The van der Waals surface area contributed by atoms with Gasteiger partial charge in [-0.15, -0.1) is 39.5 Å². The van der Waals surface area contributed by atoms with E-state index in [0.717, 1.165) is 0 Å². The Balaban J connectivity index is 4.26. The number of rotatable bonds is 15. The van der Waals surface area contributed by atoms with E-state index < -0.39 is 11.8 Å². The molecule has 0 spiro atoms. The normalized spacial score (nSPS) is 9.94. The molecular formula is C27H33N3O3. The van der Waals surface area contributed by atoms with Gasteiger partial charge in [0.2, 0.25) is 5.91 Å². The third kappa shape index (κ3) is 6.29. The summed E-state index contributed by atoms with van der Waals surface area (Å²) in [4.78, 5) is 41.3. The van der Waals surface area contributed by atoms with E-state index in [4.69, 9.17) is 5.73 Å². The number of carbonyl (C=O) groups excluding carboxylic acids is 3. The largest absolute Gasteiger partial charge is 0.366 e. The molecule has 0 radical (unpaired) electrons. The number of primary amides is 1. The Morgan fingerprint density at radius 1 is 0.697 bits per heavy atom. The first-order valence-corrected chi connectivity index (χ1v) is 10.6. The standard InChI is InChI=1S/C27H33N3O3/c1-7-13-19-22(25(28)31)20(14-8-2)24(27(33)30(17-11-5)18-12-6)21(15-9-3)23(19)26(32)29-16-10-4/h7-12H,1-6,13-18H2,(H2,28,31)(H,29,32). The molecule has 33 heavy (non-hydrogen) atoms. The topological polar surface area (TPSA) is 92.5 Å². The van der Waals surface area contributed by atoms with Crippen LogP contribution in [0.25, 0.3) is 0 Å². The summed E-state index contributed by atoms with van der Waals surface area (Å²) in [5.74, 6) is -1.54. The summed E-state index contributed by atoms with van der Waals surface area (Å²) in [6, 6.07) is 0. The minimum Gasteiger partial charge on any atom is -0.366 e. The summed E-state index contributed by atoms with van der Waals surface area (Å²) in [7, 11) is 0. The summed E-state index contributed by atoms with van der Waals surface area (Å²) in [5, 5.41) is 2.75. The molecule has 0 saturated carbocycles. The predicted octanol–water partition coefficient (Wildman–Crippen LogP) is 3.70. The molecule has 0 unspecified atom stereocenters. The van der Waals surface area contributed by atoms with Crippen LogP contribution in [0.4, 0.5) is 0 Å². The van der Waals surface area contributed by atoms with Crippen molar-refractivity contribution in [2.45, 2.75) is 19.3 Å². The van der Waals surface area contributed by atoms with Crippen LogP contribution in [-0.4, -0.2) is 42.3 Å². The van der Waals surface area contributed by atoms with E-state index in [1.165, 1.54) is 4.90 Å². The van der Waals surface area contributed by atoms with Gasteiger partial charge in [-0.2, -0.15) is 0 Å². The van der Waals surface area contributed by atoms with E-state index in [2.05, 4.69) is 44.8 Å². The van der Waals surface area contributed by atoms with Gasteiger partial charge in [0.15, 0.2) is 0 Å². The fraction of sp³-hybridized carbons (Fsp3) is 0.222. The first-order valence-electron chi connectivity index (χ1n) is 10.6. The van der Waals surface area contributed by atoms with Crippen molar-refractivity contribution in [1.82, 2.24) is 10.2 Å². The van der Waals surface area contributed by atoms with Gasteiger partial charge >= 0.3 is 0 Å². The van der Waals surface area contributed by atoms with E-state index in [-0.39, 0.29) is 61.5 Å². The zero-order valence-electron chi connectivity index (χ0n) is 19.2. The number of nitrogens with zero attached hydrogens (tertiary/aromatic N) is 1. The lowest BCUT2D eigenvalue weighted by Gasteiger charge is -2.27. The van der Waals surface area contributed by atoms with Crippen molar-refractivity contribution in [2.24, 2.45) is 5.73 Å². The van der Waals surface area contributed by atoms with Crippen molar-refractivity contribution >= 4 is 17.7 Å². The van der Waals surface area contributed by atoms with E-state index >= 15 is 0 Å². The quantitative estimate of drug-likeness (QED) is 0.402. The van der Waals surface area contributed by atoms with Gasteiger partial charge in [0.25, 0.3) is 11.8 Å². The lowest BCUT2D eigenvalue weighted by molar-refractivity contribution is 0.0789. The van der Waals surface area contributed by atoms with Gasteiger partial charge in [-0.3, -0.25) is 14.4 Å². The van der Waals surface area contributed by atoms with Gasteiger partial charge in [-0.1, -0.05) is 36.5 Å². The molecular weight excluding hydrogens is 414 g/mol. The Kier molecular flexibility index (Phi) is 11.1. The average Bonchev–Trinajstić information content (AvgIpc) is 2.77. The molecule has 0 aliphatic rings. The zero-order chi connectivity index (χ0) is 25.0. The van der Waals surface area contributed by atoms with Gasteiger partial charge < -0.3 is 16.0 Å². The molecule has 1 aromatic rings. The molecule has 174 valence electrons. The van der Waals surface area contributed by atoms with Gasteiger partial charge in [-0.05, 0) is 36.0 Å². The van der Waals surface area contributed by atoms with Crippen molar-refractivity contribution in [3.8, 4) is 0 Å². The van der Waals surface area contributed by atoms with Gasteiger partial charge in [-0.25, -0.2) is 0 Å². The highest BCUT2D eigenvalue weighted by atomic mass is 16.2. The van der Waals surface area contributed by atoms with Crippen LogP contribution in [0.3, 0.4) is 0 Å². The summed E-state index contributed by atoms with van der Waals surface area (Å²) < 4.78 is 0. The highest BCUT2D eigenvalue weighted by molar-refractivity contribution is 6.10. The number of carbonyl (C=O) groups is 3. The fourth-order valence-corrected chi connectivity index (χ4v) is 3.76. The molecule has 0 fully saturated rings. The third-order valence-electron chi connectivity index (χ3n) is 4.94. The van der Waals surface area contributed by atoms with Crippen LogP contribution in [0.5, 0.6) is 0 Å². The van der Waals surface area contributed by atoms with Crippen molar-refractivity contribution in [3.05, 3.63) is 109 Å². The van der Waals surface area contributed by atoms with Crippen LogP contribution in [0.15, 0.2) is 75.9 Å². The number of hydrogen-bond donors (Lipinski definition) is 2. The first-order chi connectivity index (χ1) is 15.8. The SMILES string of the molecule is C=CCNC(=O)c1c(CC=C)c(C(N)=O)c(CC=C)c(C(=O)N(CC=C)CC=C)c1CC=C. The van der Waals surface area contributed by atoms with Crippen LogP contribution in [0, 0.1) is 0 Å². The van der Waals surface area contributed by atoms with Crippen molar-refractivity contribution in [1.29, 1.82) is 0 Å². The summed E-state index contributed by atoms with van der Waals surface area (Å²) in [5.41, 5.74) is 7.70. The molecule has 6 heteroatoms. The van der Waals surface area contributed by atoms with Crippen LogP contribution in [0.1, 0.15) is 47.8 Å².